The van der Waals surface area contributed by atoms with Gasteiger partial charge in [0.15, 0.2) is 9.84 Å². The Kier molecular flexibility index (Phi) is 12.8. The summed E-state index contributed by atoms with van der Waals surface area (Å²) in [7, 11) is -1.72. The molecule has 16 nitrogen and oxygen atoms in total. The van der Waals surface area contributed by atoms with E-state index in [-0.39, 0.29) is 62.6 Å². The summed E-state index contributed by atoms with van der Waals surface area (Å²) < 4.78 is 40.2. The fourth-order valence-corrected chi connectivity index (χ4v) is 13.3. The van der Waals surface area contributed by atoms with Gasteiger partial charge in [0, 0.05) is 67.8 Å². The number of carbonyl (C=O) groups is 4. The molecule has 1 aliphatic carbocycles. The van der Waals surface area contributed by atoms with Crippen LogP contribution >= 0.6 is 0 Å². The molecular formula is C51H65N7O9S. The first kappa shape index (κ1) is 47.7. The highest BCUT2D eigenvalue weighted by atomic mass is 32.2. The summed E-state index contributed by atoms with van der Waals surface area (Å²) in [5.74, 6) is -2.08. The van der Waals surface area contributed by atoms with Crippen LogP contribution in [0.25, 0.3) is 33.3 Å². The van der Waals surface area contributed by atoms with Crippen molar-refractivity contribution >= 4 is 44.4 Å². The van der Waals surface area contributed by atoms with E-state index in [1.807, 2.05) is 39.0 Å². The maximum absolute atomic E-state index is 14.8. The molecule has 0 radical (unpaired) electrons. The van der Waals surface area contributed by atoms with Gasteiger partial charge in [-0.3, -0.25) is 34.5 Å². The topological polar surface area (TPSA) is 211 Å². The normalized spacial score (nSPS) is 26.1. The second kappa shape index (κ2) is 18.2. The average Bonchev–Trinajstić information content (AvgIpc) is 4.06. The van der Waals surface area contributed by atoms with Crippen molar-refractivity contribution in [1.29, 1.82) is 0 Å². The highest BCUT2D eigenvalue weighted by Crippen LogP contribution is 2.53. The van der Waals surface area contributed by atoms with E-state index in [0.29, 0.717) is 49.9 Å². The van der Waals surface area contributed by atoms with Crippen LogP contribution in [0.5, 0.6) is 5.75 Å². The molecule has 4 fully saturated rings. The molecule has 17 heteroatoms. The van der Waals surface area contributed by atoms with Crippen LogP contribution in [0, 0.1) is 16.7 Å². The van der Waals surface area contributed by atoms with Crippen molar-refractivity contribution < 1.29 is 42.2 Å². The largest absolute Gasteiger partial charge is 0.508 e. The number of hydrogen-bond donors (Lipinski definition) is 4. The molecule has 5 aliphatic rings. The number of aryl methyl sites for hydroxylation is 1. The molecule has 4 aliphatic heterocycles. The molecule has 364 valence electrons. The van der Waals surface area contributed by atoms with Crippen LogP contribution in [0.15, 0.2) is 54.7 Å². The van der Waals surface area contributed by atoms with Gasteiger partial charge < -0.3 is 29.4 Å². The number of ether oxygens (including phenoxy) is 2. The van der Waals surface area contributed by atoms with Crippen LogP contribution in [0.4, 0.5) is 0 Å². The van der Waals surface area contributed by atoms with Crippen molar-refractivity contribution in [3.05, 3.63) is 71.5 Å². The van der Waals surface area contributed by atoms with E-state index in [1.165, 1.54) is 5.01 Å². The molecule has 6 bridgehead atoms. The van der Waals surface area contributed by atoms with Gasteiger partial charge in [0.1, 0.15) is 29.2 Å². The third-order valence-electron chi connectivity index (χ3n) is 14.9. The lowest BCUT2D eigenvalue weighted by molar-refractivity contribution is -0.155. The maximum Gasteiger partial charge on any atom is 0.324 e. The number of pyridine rings is 1. The monoisotopic (exact) mass is 951 g/mol. The second-order valence-corrected chi connectivity index (χ2v) is 23.2. The number of aromatic nitrogens is 2. The number of benzene rings is 2. The molecule has 2 aromatic carbocycles. The minimum absolute atomic E-state index is 0.0172. The molecule has 5 atom stereocenters. The lowest BCUT2D eigenvalue weighted by atomic mass is 9.67. The van der Waals surface area contributed by atoms with E-state index >= 15 is 0 Å². The summed E-state index contributed by atoms with van der Waals surface area (Å²) in [6.45, 7) is 13.7. The van der Waals surface area contributed by atoms with Gasteiger partial charge in [-0.1, -0.05) is 39.8 Å². The Labute approximate surface area is 398 Å². The molecule has 4 aromatic rings. The Morgan fingerprint density at radius 1 is 1.06 bits per heavy atom. The number of cyclic esters (lactones) is 1. The van der Waals surface area contributed by atoms with Crippen molar-refractivity contribution in [3.8, 4) is 28.1 Å². The number of phenolic OH excluding ortho intramolecular Hbond substituents is 1. The Morgan fingerprint density at radius 2 is 1.82 bits per heavy atom. The van der Waals surface area contributed by atoms with Crippen LogP contribution < -0.4 is 16.1 Å². The number of carbonyl (C=O) groups excluding carboxylic acids is 4. The van der Waals surface area contributed by atoms with Crippen LogP contribution in [0.3, 0.4) is 0 Å². The molecule has 1 unspecified atom stereocenters. The van der Waals surface area contributed by atoms with Crippen molar-refractivity contribution in [2.24, 2.45) is 16.7 Å². The fourth-order valence-electron chi connectivity index (χ4n) is 11.2. The molecule has 9 rings (SSSR count). The Bertz CT molecular complexity index is 2760. The number of amides is 3. The van der Waals surface area contributed by atoms with Gasteiger partial charge in [0.25, 0.3) is 5.91 Å². The molecule has 4 N–H and O–H groups in total. The standard InChI is InChI=1S/C51H65N7O9S/c1-8-56-41-14-13-32-23-37(41)38(45(56)36-11-9-16-52-43(36)30(4)66-7)26-50(5,6)28-67-48(62)39-12-10-17-58(55-39)47(61)40(21-31-19-33(32)22-34(59)20-31)54-46(60)44(29(2)3)57-18-15-51(49(57)63)24-35(25-51)68(64,65)42-27-53-42/h9,11,13-14,16,19-20,22-23,29-30,35,39-40,42,44,53,55,59H,8,10,12,15,17-18,21,24-28H2,1-7H3,(H,54,60)/t30-,35?,39-,40-,42-,44?,51?/m0/s1. The van der Waals surface area contributed by atoms with Crippen molar-refractivity contribution in [1.82, 2.24) is 35.5 Å². The Hall–Kier alpha value is -5.36. The Morgan fingerprint density at radius 3 is 2.53 bits per heavy atom. The maximum atomic E-state index is 14.8. The zero-order chi connectivity index (χ0) is 48.4. The van der Waals surface area contributed by atoms with E-state index in [9.17, 15) is 32.7 Å². The number of fused-ring (bicyclic) bond motifs is 6. The van der Waals surface area contributed by atoms with Crippen molar-refractivity contribution in [2.45, 2.75) is 128 Å². The van der Waals surface area contributed by atoms with Crippen LogP contribution in [0.1, 0.15) is 96.6 Å². The first-order chi connectivity index (χ1) is 32.3. The van der Waals surface area contributed by atoms with E-state index in [1.54, 1.807) is 30.3 Å². The minimum Gasteiger partial charge on any atom is -0.508 e. The van der Waals surface area contributed by atoms with E-state index in [2.05, 4.69) is 59.6 Å². The smallest absolute Gasteiger partial charge is 0.324 e. The summed E-state index contributed by atoms with van der Waals surface area (Å²) in [4.78, 5) is 64.0. The van der Waals surface area contributed by atoms with Crippen molar-refractivity contribution in [3.63, 3.8) is 0 Å². The van der Waals surface area contributed by atoms with Crippen LogP contribution in [-0.4, -0.2) is 119 Å². The second-order valence-electron chi connectivity index (χ2n) is 20.8. The number of esters is 1. The van der Waals surface area contributed by atoms with E-state index in [4.69, 9.17) is 14.5 Å². The van der Waals surface area contributed by atoms with Gasteiger partial charge in [-0.2, -0.15) is 0 Å². The molecule has 6 heterocycles. The number of nitrogens with one attached hydrogen (secondary N) is 3. The van der Waals surface area contributed by atoms with Crippen LogP contribution in [0.2, 0.25) is 0 Å². The number of sulfone groups is 1. The molecule has 3 amide bonds. The third kappa shape index (κ3) is 8.79. The van der Waals surface area contributed by atoms with Crippen molar-refractivity contribution in [2.75, 3.05) is 33.4 Å². The lowest BCUT2D eigenvalue weighted by Crippen LogP contribution is -2.62. The first-order valence-electron chi connectivity index (χ1n) is 24.1. The summed E-state index contributed by atoms with van der Waals surface area (Å²) >= 11 is 0. The zero-order valence-electron chi connectivity index (χ0n) is 40.1. The van der Waals surface area contributed by atoms with Gasteiger partial charge >= 0.3 is 5.97 Å². The summed E-state index contributed by atoms with van der Waals surface area (Å²) in [5.41, 5.74) is 8.66. The number of methoxy groups -OCH3 is 1. The van der Waals surface area contributed by atoms with E-state index < -0.39 is 67.2 Å². The highest BCUT2D eigenvalue weighted by molar-refractivity contribution is 7.93. The van der Waals surface area contributed by atoms with E-state index in [0.717, 1.165) is 39.0 Å². The third-order valence-corrected chi connectivity index (χ3v) is 17.3. The molecular weight excluding hydrogens is 887 g/mol. The summed E-state index contributed by atoms with van der Waals surface area (Å²) in [6, 6.07) is 12.5. The van der Waals surface area contributed by atoms with Gasteiger partial charge in [-0.05, 0) is 117 Å². The number of rotatable bonds is 10. The number of hydrazine groups is 1. The number of nitrogens with zero attached hydrogens (tertiary/aromatic N) is 4. The lowest BCUT2D eigenvalue weighted by Gasteiger charge is -2.43. The number of phenols is 1. The summed E-state index contributed by atoms with van der Waals surface area (Å²) in [6.07, 6.45) is 3.85. The minimum atomic E-state index is -3.38. The average molecular weight is 952 g/mol. The molecule has 1 saturated carbocycles. The predicted molar refractivity (Wildman–Crippen MR) is 256 cm³/mol. The number of likely N-dealkylation sites (tertiary alicyclic amines) is 1. The van der Waals surface area contributed by atoms with Gasteiger partial charge in [0.05, 0.1) is 34.8 Å². The fraction of sp³-hybridized carbons (Fsp3) is 0.549. The zero-order valence-corrected chi connectivity index (χ0v) is 40.9. The predicted octanol–water partition coefficient (Wildman–Crippen LogP) is 5.20. The Balaban J connectivity index is 1.09. The molecule has 68 heavy (non-hydrogen) atoms. The summed E-state index contributed by atoms with van der Waals surface area (Å²) in [5, 5.41) is 18.5. The quantitative estimate of drug-likeness (QED) is 0.119. The molecule has 1 spiro atoms. The highest BCUT2D eigenvalue weighted by Gasteiger charge is 2.61. The van der Waals surface area contributed by atoms with Gasteiger partial charge in [-0.25, -0.2) is 13.8 Å². The van der Waals surface area contributed by atoms with Crippen LogP contribution in [-0.2, 0) is 57.9 Å². The number of aromatic hydroxyl groups is 1. The molecule has 3 saturated heterocycles. The number of hydrogen-bond acceptors (Lipinski definition) is 12. The molecule has 2 aromatic heterocycles. The van der Waals surface area contributed by atoms with Gasteiger partial charge in [-0.15, -0.1) is 0 Å². The van der Waals surface area contributed by atoms with Gasteiger partial charge in [0.2, 0.25) is 11.8 Å². The SMILES string of the molecule is CCn1c(-c2cccnc2[C@H](C)OC)c2c3cc(ccc31)-c1cc(O)cc(c1)C[C@H](NC(=O)C(C(C)C)N1CCC3(CC(S(=O)(=O)[C@H]4CN4)C3)C1=O)C(=O)N1CCC[C@H](N1)C(=O)OCC(C)(C)C2. The first-order valence-corrected chi connectivity index (χ1v) is 25.7.